The van der Waals surface area contributed by atoms with Crippen molar-refractivity contribution < 1.29 is 4.79 Å². The van der Waals surface area contributed by atoms with Crippen molar-refractivity contribution in [2.24, 2.45) is 0 Å². The van der Waals surface area contributed by atoms with Crippen molar-refractivity contribution >= 4 is 5.78 Å². The Balaban J connectivity index is 2.34. The van der Waals surface area contributed by atoms with E-state index in [4.69, 9.17) is 0 Å². The molecular weight excluding hydrogens is 166 g/mol. The van der Waals surface area contributed by atoms with E-state index < -0.39 is 0 Å². The first-order chi connectivity index (χ1) is 6.38. The predicted molar refractivity (Wildman–Crippen MR) is 46.3 cm³/mol. The van der Waals surface area contributed by atoms with Crippen molar-refractivity contribution in [1.82, 2.24) is 15.2 Å². The smallest absolute Gasteiger partial charge is 0.197 e. The highest BCUT2D eigenvalue weighted by Crippen LogP contribution is 2.05. The fourth-order valence-electron chi connectivity index (χ4n) is 1.04. The number of rotatable bonds is 2. The van der Waals surface area contributed by atoms with E-state index in [-0.39, 0.29) is 5.78 Å². The molecule has 4 heteroatoms. The van der Waals surface area contributed by atoms with Gasteiger partial charge in [0.2, 0.25) is 0 Å². The monoisotopic (exact) mass is 173 g/mol. The maximum atomic E-state index is 11.6. The van der Waals surface area contributed by atoms with Crippen LogP contribution in [0.15, 0.2) is 36.9 Å². The van der Waals surface area contributed by atoms with Crippen LogP contribution < -0.4 is 0 Å². The molecule has 4 nitrogen and oxygen atoms in total. The molecule has 0 saturated carbocycles. The summed E-state index contributed by atoms with van der Waals surface area (Å²) in [5, 5.41) is 6.29. The third-order valence-electron chi connectivity index (χ3n) is 1.68. The fourth-order valence-corrected chi connectivity index (χ4v) is 1.04. The van der Waals surface area contributed by atoms with E-state index in [0.29, 0.717) is 11.1 Å². The SMILES string of the molecule is O=C(c1cccnc1)c1cn[nH]c1. The van der Waals surface area contributed by atoms with E-state index in [9.17, 15) is 4.79 Å². The van der Waals surface area contributed by atoms with E-state index in [1.807, 2.05) is 0 Å². The van der Waals surface area contributed by atoms with Crippen molar-refractivity contribution in [3.63, 3.8) is 0 Å². The molecule has 0 radical (unpaired) electrons. The number of aromatic amines is 1. The molecule has 0 aliphatic carbocycles. The molecular formula is C9H7N3O. The fraction of sp³-hybridized carbons (Fsp3) is 0. The molecule has 0 fully saturated rings. The van der Waals surface area contributed by atoms with Crippen LogP contribution in [0.25, 0.3) is 0 Å². The summed E-state index contributed by atoms with van der Waals surface area (Å²) in [6.45, 7) is 0. The Morgan fingerprint density at radius 1 is 1.31 bits per heavy atom. The van der Waals surface area contributed by atoms with Gasteiger partial charge in [-0.1, -0.05) is 0 Å². The number of carbonyl (C=O) groups is 1. The van der Waals surface area contributed by atoms with Crippen LogP contribution in [0.1, 0.15) is 15.9 Å². The topological polar surface area (TPSA) is 58.6 Å². The van der Waals surface area contributed by atoms with Crippen molar-refractivity contribution in [2.75, 3.05) is 0 Å². The van der Waals surface area contributed by atoms with Gasteiger partial charge < -0.3 is 0 Å². The van der Waals surface area contributed by atoms with Gasteiger partial charge in [-0.05, 0) is 12.1 Å². The standard InChI is InChI=1S/C9H7N3O/c13-9(8-5-11-12-6-8)7-2-1-3-10-4-7/h1-6H,(H,11,12). The second kappa shape index (κ2) is 3.18. The molecule has 0 unspecified atom stereocenters. The average Bonchev–Trinajstić information content (AvgIpc) is 2.71. The summed E-state index contributed by atoms with van der Waals surface area (Å²) in [5.41, 5.74) is 1.12. The van der Waals surface area contributed by atoms with Crippen molar-refractivity contribution in [2.45, 2.75) is 0 Å². The molecule has 0 aliphatic heterocycles. The van der Waals surface area contributed by atoms with Crippen LogP contribution in [0.2, 0.25) is 0 Å². The van der Waals surface area contributed by atoms with Gasteiger partial charge >= 0.3 is 0 Å². The quantitative estimate of drug-likeness (QED) is 0.690. The number of hydrogen-bond donors (Lipinski definition) is 1. The number of nitrogens with zero attached hydrogens (tertiary/aromatic N) is 2. The molecule has 0 aliphatic rings. The number of nitrogens with one attached hydrogen (secondary N) is 1. The highest BCUT2D eigenvalue weighted by molar-refractivity contribution is 6.08. The molecule has 64 valence electrons. The van der Waals surface area contributed by atoms with Gasteiger partial charge in [-0.15, -0.1) is 0 Å². The van der Waals surface area contributed by atoms with Gasteiger partial charge in [-0.3, -0.25) is 14.9 Å². The Morgan fingerprint density at radius 2 is 2.23 bits per heavy atom. The minimum Gasteiger partial charge on any atom is -0.288 e. The van der Waals surface area contributed by atoms with Crippen LogP contribution in [0, 0.1) is 0 Å². The minimum atomic E-state index is -0.0677. The summed E-state index contributed by atoms with van der Waals surface area (Å²) < 4.78 is 0. The van der Waals surface area contributed by atoms with Crippen LogP contribution in [-0.4, -0.2) is 21.0 Å². The first kappa shape index (κ1) is 7.67. The zero-order valence-corrected chi connectivity index (χ0v) is 6.77. The molecule has 2 rings (SSSR count). The summed E-state index contributed by atoms with van der Waals surface area (Å²) in [4.78, 5) is 15.5. The zero-order valence-electron chi connectivity index (χ0n) is 6.77. The average molecular weight is 173 g/mol. The van der Waals surface area contributed by atoms with Crippen LogP contribution in [0.4, 0.5) is 0 Å². The minimum absolute atomic E-state index is 0.0677. The second-order valence-electron chi connectivity index (χ2n) is 2.56. The molecule has 0 spiro atoms. The summed E-state index contributed by atoms with van der Waals surface area (Å²) >= 11 is 0. The summed E-state index contributed by atoms with van der Waals surface area (Å²) in [5.74, 6) is -0.0677. The highest BCUT2D eigenvalue weighted by atomic mass is 16.1. The molecule has 2 aromatic heterocycles. The third kappa shape index (κ3) is 1.46. The van der Waals surface area contributed by atoms with Gasteiger partial charge in [0.15, 0.2) is 5.78 Å². The van der Waals surface area contributed by atoms with Crippen molar-refractivity contribution in [1.29, 1.82) is 0 Å². The lowest BCUT2D eigenvalue weighted by molar-refractivity contribution is 0.103. The molecule has 0 bridgehead atoms. The molecule has 0 atom stereocenters. The summed E-state index contributed by atoms with van der Waals surface area (Å²) in [6.07, 6.45) is 6.23. The van der Waals surface area contributed by atoms with Crippen molar-refractivity contribution in [3.05, 3.63) is 48.0 Å². The number of aromatic nitrogens is 3. The largest absolute Gasteiger partial charge is 0.288 e. The molecule has 2 heterocycles. The van der Waals surface area contributed by atoms with E-state index in [1.54, 1.807) is 24.5 Å². The lowest BCUT2D eigenvalue weighted by Crippen LogP contribution is -1.99. The van der Waals surface area contributed by atoms with Gasteiger partial charge in [-0.25, -0.2) is 0 Å². The van der Waals surface area contributed by atoms with Crippen LogP contribution in [-0.2, 0) is 0 Å². The number of pyridine rings is 1. The Labute approximate surface area is 74.6 Å². The maximum Gasteiger partial charge on any atom is 0.197 e. The van der Waals surface area contributed by atoms with E-state index >= 15 is 0 Å². The van der Waals surface area contributed by atoms with Crippen molar-refractivity contribution in [3.8, 4) is 0 Å². The van der Waals surface area contributed by atoms with Gasteiger partial charge in [-0.2, -0.15) is 5.10 Å². The maximum absolute atomic E-state index is 11.6. The lowest BCUT2D eigenvalue weighted by Gasteiger charge is -1.94. The first-order valence-electron chi connectivity index (χ1n) is 3.81. The molecule has 1 N–H and O–H groups in total. The highest BCUT2D eigenvalue weighted by Gasteiger charge is 2.08. The summed E-state index contributed by atoms with van der Waals surface area (Å²) in [6, 6.07) is 3.45. The third-order valence-corrected chi connectivity index (χ3v) is 1.68. The second-order valence-corrected chi connectivity index (χ2v) is 2.56. The van der Waals surface area contributed by atoms with Gasteiger partial charge in [0, 0.05) is 24.2 Å². The van der Waals surface area contributed by atoms with E-state index in [0.717, 1.165) is 0 Å². The van der Waals surface area contributed by atoms with Gasteiger partial charge in [0.1, 0.15) is 0 Å². The molecule has 2 aromatic rings. The first-order valence-corrected chi connectivity index (χ1v) is 3.81. The Hall–Kier alpha value is -1.97. The van der Waals surface area contributed by atoms with E-state index in [2.05, 4.69) is 15.2 Å². The number of carbonyl (C=O) groups excluding carboxylic acids is 1. The normalized spacial score (nSPS) is 9.85. The zero-order chi connectivity index (χ0) is 9.10. The Morgan fingerprint density at radius 3 is 2.85 bits per heavy atom. The molecule has 13 heavy (non-hydrogen) atoms. The van der Waals surface area contributed by atoms with E-state index in [1.165, 1.54) is 12.4 Å². The van der Waals surface area contributed by atoms with Crippen LogP contribution >= 0.6 is 0 Å². The van der Waals surface area contributed by atoms with Gasteiger partial charge in [0.05, 0.1) is 11.8 Å². The Kier molecular flexibility index (Phi) is 1.88. The molecule has 0 saturated heterocycles. The molecule has 0 aromatic carbocycles. The van der Waals surface area contributed by atoms with Crippen LogP contribution in [0.3, 0.4) is 0 Å². The predicted octanol–water partition coefficient (Wildman–Crippen LogP) is 1.04. The number of H-pyrrole nitrogens is 1. The van der Waals surface area contributed by atoms with Crippen LogP contribution in [0.5, 0.6) is 0 Å². The number of ketones is 1. The lowest BCUT2D eigenvalue weighted by atomic mass is 10.1. The number of hydrogen-bond acceptors (Lipinski definition) is 3. The Bertz CT molecular complexity index is 394. The van der Waals surface area contributed by atoms with Gasteiger partial charge in [0.25, 0.3) is 0 Å². The molecule has 0 amide bonds. The summed E-state index contributed by atoms with van der Waals surface area (Å²) in [7, 11) is 0.